The van der Waals surface area contributed by atoms with Gasteiger partial charge in [0.25, 0.3) is 0 Å². The summed E-state index contributed by atoms with van der Waals surface area (Å²) in [7, 11) is 0. The third-order valence-corrected chi connectivity index (χ3v) is 5.04. The number of ether oxygens (including phenoxy) is 1. The Labute approximate surface area is 157 Å². The molecular weight excluding hydrogens is 336 g/mol. The summed E-state index contributed by atoms with van der Waals surface area (Å²) >= 11 is 5.89. The molecule has 0 saturated carbocycles. The maximum absolute atomic E-state index is 10.1. The Morgan fingerprint density at radius 3 is 2.52 bits per heavy atom. The normalized spacial score (nSPS) is 18.7. The van der Waals surface area contributed by atoms with Gasteiger partial charge >= 0.3 is 0 Å². The van der Waals surface area contributed by atoms with Crippen LogP contribution in [0, 0.1) is 0 Å². The van der Waals surface area contributed by atoms with Gasteiger partial charge in [-0.15, -0.1) is 0 Å². The number of rotatable bonds is 10. The van der Waals surface area contributed by atoms with Crippen LogP contribution in [0.3, 0.4) is 0 Å². The zero-order valence-corrected chi connectivity index (χ0v) is 16.2. The Morgan fingerprint density at radius 1 is 1.16 bits per heavy atom. The van der Waals surface area contributed by atoms with Crippen LogP contribution in [0.25, 0.3) is 0 Å². The first kappa shape index (κ1) is 20.7. The van der Waals surface area contributed by atoms with Gasteiger partial charge in [0.05, 0.1) is 18.8 Å². The van der Waals surface area contributed by atoms with E-state index in [2.05, 4.69) is 10.2 Å². The standard InChI is InChI=1S/C20H33ClN2O2/c1-17(18-7-9-19(21)10-8-18)25-16-20(24)15-22-11-6-14-23-12-4-2-3-5-13-23/h7-10,17,20,22,24H,2-6,11-16H2,1H3/t17-,20-/m0/s1. The van der Waals surface area contributed by atoms with E-state index in [-0.39, 0.29) is 6.10 Å². The maximum atomic E-state index is 10.1. The van der Waals surface area contributed by atoms with Crippen molar-refractivity contribution in [1.29, 1.82) is 0 Å². The molecule has 4 nitrogen and oxygen atoms in total. The number of likely N-dealkylation sites (tertiary alicyclic amines) is 1. The molecule has 0 aromatic heterocycles. The van der Waals surface area contributed by atoms with Crippen LogP contribution in [-0.2, 0) is 4.74 Å². The molecular formula is C20H33ClN2O2. The second kappa shape index (κ2) is 11.9. The molecule has 5 heteroatoms. The molecule has 1 aliphatic rings. The third-order valence-electron chi connectivity index (χ3n) is 4.78. The summed E-state index contributed by atoms with van der Waals surface area (Å²) < 4.78 is 5.75. The van der Waals surface area contributed by atoms with Gasteiger partial charge in [-0.2, -0.15) is 0 Å². The average molecular weight is 369 g/mol. The second-order valence-corrected chi connectivity index (χ2v) is 7.43. The van der Waals surface area contributed by atoms with Gasteiger partial charge < -0.3 is 20.1 Å². The first-order chi connectivity index (χ1) is 12.1. The number of halogens is 1. The minimum Gasteiger partial charge on any atom is -0.389 e. The van der Waals surface area contributed by atoms with Crippen LogP contribution < -0.4 is 5.32 Å². The van der Waals surface area contributed by atoms with Crippen LogP contribution in [0.2, 0.25) is 5.02 Å². The Bertz CT molecular complexity index is 461. The predicted molar refractivity (Wildman–Crippen MR) is 104 cm³/mol. The van der Waals surface area contributed by atoms with Crippen molar-refractivity contribution in [2.75, 3.05) is 39.3 Å². The number of aliphatic hydroxyl groups is 1. The summed E-state index contributed by atoms with van der Waals surface area (Å²) in [6, 6.07) is 7.64. The molecule has 1 aromatic carbocycles. The van der Waals surface area contributed by atoms with Gasteiger partial charge in [-0.05, 0) is 70.1 Å². The topological polar surface area (TPSA) is 44.7 Å². The van der Waals surface area contributed by atoms with Crippen molar-refractivity contribution in [1.82, 2.24) is 10.2 Å². The smallest absolute Gasteiger partial charge is 0.0897 e. The Hall–Kier alpha value is -0.650. The third kappa shape index (κ3) is 8.52. The summed E-state index contributed by atoms with van der Waals surface area (Å²) in [5.41, 5.74) is 1.07. The molecule has 0 aliphatic carbocycles. The van der Waals surface area contributed by atoms with Crippen molar-refractivity contribution >= 4 is 11.6 Å². The van der Waals surface area contributed by atoms with E-state index in [1.807, 2.05) is 31.2 Å². The molecule has 0 radical (unpaired) electrons. The highest BCUT2D eigenvalue weighted by Gasteiger charge is 2.11. The zero-order chi connectivity index (χ0) is 17.9. The van der Waals surface area contributed by atoms with E-state index in [1.54, 1.807) is 0 Å². The lowest BCUT2D eigenvalue weighted by Crippen LogP contribution is -2.33. The highest BCUT2D eigenvalue weighted by atomic mass is 35.5. The fraction of sp³-hybridized carbons (Fsp3) is 0.700. The maximum Gasteiger partial charge on any atom is 0.0897 e. The molecule has 0 unspecified atom stereocenters. The summed E-state index contributed by atoms with van der Waals surface area (Å²) in [6.45, 7) is 7.51. The van der Waals surface area contributed by atoms with Crippen molar-refractivity contribution in [3.05, 3.63) is 34.9 Å². The summed E-state index contributed by atoms with van der Waals surface area (Å²) in [6.07, 6.45) is 6.06. The molecule has 2 rings (SSSR count). The molecule has 1 aliphatic heterocycles. The van der Waals surface area contributed by atoms with Crippen LogP contribution in [0.5, 0.6) is 0 Å². The molecule has 2 N–H and O–H groups in total. The van der Waals surface area contributed by atoms with Crippen LogP contribution >= 0.6 is 11.6 Å². The van der Waals surface area contributed by atoms with Gasteiger partial charge in [-0.3, -0.25) is 0 Å². The minimum absolute atomic E-state index is 0.0463. The number of benzene rings is 1. The van der Waals surface area contributed by atoms with Crippen molar-refractivity contribution in [3.8, 4) is 0 Å². The summed E-state index contributed by atoms with van der Waals surface area (Å²) in [4.78, 5) is 2.57. The van der Waals surface area contributed by atoms with E-state index in [4.69, 9.17) is 16.3 Å². The van der Waals surface area contributed by atoms with E-state index in [1.165, 1.54) is 38.8 Å². The van der Waals surface area contributed by atoms with E-state index < -0.39 is 6.10 Å². The Morgan fingerprint density at radius 2 is 1.84 bits per heavy atom. The molecule has 1 fully saturated rings. The number of nitrogens with zero attached hydrogens (tertiary/aromatic N) is 1. The minimum atomic E-state index is -0.479. The molecule has 142 valence electrons. The van der Waals surface area contributed by atoms with E-state index >= 15 is 0 Å². The molecule has 1 saturated heterocycles. The van der Waals surface area contributed by atoms with Gasteiger partial charge in [-0.25, -0.2) is 0 Å². The van der Waals surface area contributed by atoms with Gasteiger partial charge in [0.15, 0.2) is 0 Å². The summed E-state index contributed by atoms with van der Waals surface area (Å²) in [5.74, 6) is 0. The van der Waals surface area contributed by atoms with Gasteiger partial charge in [0.1, 0.15) is 0 Å². The first-order valence-electron chi connectivity index (χ1n) is 9.63. The van der Waals surface area contributed by atoms with Crippen LogP contribution in [0.15, 0.2) is 24.3 Å². The largest absolute Gasteiger partial charge is 0.389 e. The molecule has 1 heterocycles. The highest BCUT2D eigenvalue weighted by molar-refractivity contribution is 6.30. The number of nitrogens with one attached hydrogen (secondary N) is 1. The fourth-order valence-corrected chi connectivity index (χ4v) is 3.33. The van der Waals surface area contributed by atoms with E-state index in [9.17, 15) is 5.11 Å². The van der Waals surface area contributed by atoms with Crippen LogP contribution in [0.4, 0.5) is 0 Å². The Balaban J connectivity index is 1.51. The lowest BCUT2D eigenvalue weighted by Gasteiger charge is -2.20. The predicted octanol–water partition coefficient (Wildman–Crippen LogP) is 3.63. The number of hydrogen-bond donors (Lipinski definition) is 2. The van der Waals surface area contributed by atoms with E-state index in [0.717, 1.165) is 30.1 Å². The average Bonchev–Trinajstić information content (AvgIpc) is 2.89. The monoisotopic (exact) mass is 368 g/mol. The Kier molecular flexibility index (Phi) is 9.81. The highest BCUT2D eigenvalue weighted by Crippen LogP contribution is 2.19. The molecule has 0 spiro atoms. The molecule has 0 amide bonds. The molecule has 2 atom stereocenters. The SMILES string of the molecule is C[C@H](OC[C@@H](O)CNCCCN1CCCCCC1)c1ccc(Cl)cc1. The second-order valence-electron chi connectivity index (χ2n) is 6.99. The summed E-state index contributed by atoms with van der Waals surface area (Å²) in [5, 5.41) is 14.1. The number of hydrogen-bond acceptors (Lipinski definition) is 4. The molecule has 1 aromatic rings. The lowest BCUT2D eigenvalue weighted by molar-refractivity contribution is -0.00200. The van der Waals surface area contributed by atoms with E-state index in [0.29, 0.717) is 13.2 Å². The van der Waals surface area contributed by atoms with Crippen molar-refractivity contribution in [2.45, 2.75) is 51.2 Å². The van der Waals surface area contributed by atoms with Gasteiger partial charge in [0.2, 0.25) is 0 Å². The quantitative estimate of drug-likeness (QED) is 0.619. The van der Waals surface area contributed by atoms with Crippen molar-refractivity contribution in [2.24, 2.45) is 0 Å². The fourth-order valence-electron chi connectivity index (χ4n) is 3.20. The van der Waals surface area contributed by atoms with Crippen LogP contribution in [-0.4, -0.2) is 55.4 Å². The van der Waals surface area contributed by atoms with Crippen molar-refractivity contribution < 1.29 is 9.84 Å². The zero-order valence-electron chi connectivity index (χ0n) is 15.4. The molecule has 25 heavy (non-hydrogen) atoms. The van der Waals surface area contributed by atoms with Crippen LogP contribution in [0.1, 0.15) is 50.7 Å². The molecule has 0 bridgehead atoms. The number of aliphatic hydroxyl groups excluding tert-OH is 1. The first-order valence-corrected chi connectivity index (χ1v) is 10.0. The van der Waals surface area contributed by atoms with Gasteiger partial charge in [-0.1, -0.05) is 36.6 Å². The lowest BCUT2D eigenvalue weighted by atomic mass is 10.1. The van der Waals surface area contributed by atoms with Gasteiger partial charge in [0, 0.05) is 11.6 Å². The van der Waals surface area contributed by atoms with Crippen molar-refractivity contribution in [3.63, 3.8) is 0 Å².